The van der Waals surface area contributed by atoms with Gasteiger partial charge in [-0.3, -0.25) is 9.59 Å². The monoisotopic (exact) mass is 309 g/mol. The van der Waals surface area contributed by atoms with Crippen LogP contribution < -0.4 is 16.4 Å². The van der Waals surface area contributed by atoms with E-state index in [2.05, 4.69) is 10.6 Å². The summed E-state index contributed by atoms with van der Waals surface area (Å²) in [5, 5.41) is 6.00. The number of carbonyl (C=O) groups excluding carboxylic acids is 2. The fourth-order valence-corrected chi connectivity index (χ4v) is 3.79. The number of fused-ring (bicyclic) bond motifs is 2. The Morgan fingerprint density at radius 3 is 2.18 bits per heavy atom. The largest absolute Gasteiger partial charge is 0.351 e. The van der Waals surface area contributed by atoms with Crippen LogP contribution in [0.2, 0.25) is 0 Å². The van der Waals surface area contributed by atoms with Crippen molar-refractivity contribution in [2.24, 2.45) is 23.0 Å². The zero-order valence-corrected chi connectivity index (χ0v) is 14.3. The molecule has 2 aliphatic rings. The van der Waals surface area contributed by atoms with Crippen molar-refractivity contribution in [2.45, 2.75) is 77.9 Å². The highest BCUT2D eigenvalue weighted by atomic mass is 16.2. The van der Waals surface area contributed by atoms with Gasteiger partial charge in [0.15, 0.2) is 0 Å². The summed E-state index contributed by atoms with van der Waals surface area (Å²) in [6, 6.07) is 0.0135. The molecule has 5 nitrogen and oxygen atoms in total. The highest BCUT2D eigenvalue weighted by Gasteiger charge is 2.40. The van der Waals surface area contributed by atoms with Gasteiger partial charge in [-0.2, -0.15) is 0 Å². The number of hydrogen-bond donors (Lipinski definition) is 3. The zero-order chi connectivity index (χ0) is 16.5. The smallest absolute Gasteiger partial charge is 0.242 e. The van der Waals surface area contributed by atoms with E-state index in [1.807, 2.05) is 20.8 Å². The van der Waals surface area contributed by atoms with E-state index in [9.17, 15) is 9.59 Å². The Morgan fingerprint density at radius 1 is 1.14 bits per heavy atom. The molecule has 0 aromatic heterocycles. The van der Waals surface area contributed by atoms with Crippen LogP contribution >= 0.6 is 0 Å². The van der Waals surface area contributed by atoms with Gasteiger partial charge < -0.3 is 16.4 Å². The van der Waals surface area contributed by atoms with Crippen LogP contribution in [0.5, 0.6) is 0 Å². The van der Waals surface area contributed by atoms with Crippen molar-refractivity contribution in [1.29, 1.82) is 0 Å². The number of hydrogen-bond acceptors (Lipinski definition) is 3. The van der Waals surface area contributed by atoms with Gasteiger partial charge in [-0.1, -0.05) is 27.2 Å². The first-order valence-electron chi connectivity index (χ1n) is 8.55. The van der Waals surface area contributed by atoms with Crippen LogP contribution in [0.15, 0.2) is 0 Å². The van der Waals surface area contributed by atoms with Gasteiger partial charge in [0.25, 0.3) is 0 Å². The summed E-state index contributed by atoms with van der Waals surface area (Å²) in [5.74, 6) is 0.824. The Morgan fingerprint density at radius 2 is 1.68 bits per heavy atom. The van der Waals surface area contributed by atoms with Crippen molar-refractivity contribution in [3.8, 4) is 0 Å². The van der Waals surface area contributed by atoms with Crippen molar-refractivity contribution in [1.82, 2.24) is 10.6 Å². The Labute approximate surface area is 133 Å². The van der Waals surface area contributed by atoms with Crippen LogP contribution in [-0.2, 0) is 9.59 Å². The molecule has 2 rings (SSSR count). The van der Waals surface area contributed by atoms with Gasteiger partial charge in [-0.25, -0.2) is 0 Å². The Balaban J connectivity index is 1.92. The summed E-state index contributed by atoms with van der Waals surface area (Å²) in [4.78, 5) is 24.4. The van der Waals surface area contributed by atoms with Gasteiger partial charge in [0.2, 0.25) is 11.8 Å². The van der Waals surface area contributed by atoms with Gasteiger partial charge in [0, 0.05) is 17.5 Å². The summed E-state index contributed by atoms with van der Waals surface area (Å²) >= 11 is 0. The van der Waals surface area contributed by atoms with Crippen LogP contribution in [0.25, 0.3) is 0 Å². The van der Waals surface area contributed by atoms with Crippen LogP contribution in [0, 0.1) is 17.3 Å². The minimum atomic E-state index is -0.497. The van der Waals surface area contributed by atoms with Gasteiger partial charge in [0.05, 0.1) is 0 Å². The lowest BCUT2D eigenvalue weighted by Gasteiger charge is -2.45. The summed E-state index contributed by atoms with van der Waals surface area (Å²) in [6.45, 7) is 7.29. The highest BCUT2D eigenvalue weighted by molar-refractivity contribution is 5.89. The average Bonchev–Trinajstić information content (AvgIpc) is 2.38. The highest BCUT2D eigenvalue weighted by Crippen LogP contribution is 2.39. The maximum Gasteiger partial charge on any atom is 0.242 e. The third-order valence-corrected chi connectivity index (χ3v) is 5.11. The first-order chi connectivity index (χ1) is 10.2. The fraction of sp³-hybridized carbons (Fsp3) is 0.882. The molecular weight excluding hydrogens is 278 g/mol. The second-order valence-electron chi connectivity index (χ2n) is 8.16. The second kappa shape index (κ2) is 6.57. The van der Waals surface area contributed by atoms with E-state index >= 15 is 0 Å². The fourth-order valence-electron chi connectivity index (χ4n) is 3.79. The molecule has 2 amide bonds. The lowest BCUT2D eigenvalue weighted by Crippen LogP contribution is -2.57. The van der Waals surface area contributed by atoms with Crippen LogP contribution in [0.1, 0.15) is 59.8 Å². The lowest BCUT2D eigenvalue weighted by molar-refractivity contribution is -0.134. The van der Waals surface area contributed by atoms with Gasteiger partial charge >= 0.3 is 0 Å². The molecule has 4 N–H and O–H groups in total. The van der Waals surface area contributed by atoms with E-state index in [0.29, 0.717) is 11.8 Å². The van der Waals surface area contributed by atoms with E-state index < -0.39 is 11.5 Å². The quantitative estimate of drug-likeness (QED) is 0.739. The van der Waals surface area contributed by atoms with E-state index in [0.717, 1.165) is 25.7 Å². The third kappa shape index (κ3) is 4.00. The topological polar surface area (TPSA) is 84.2 Å². The molecule has 0 spiro atoms. The van der Waals surface area contributed by atoms with Crippen molar-refractivity contribution in [3.05, 3.63) is 0 Å². The maximum absolute atomic E-state index is 12.4. The van der Waals surface area contributed by atoms with Crippen molar-refractivity contribution < 1.29 is 9.59 Å². The van der Waals surface area contributed by atoms with Crippen molar-refractivity contribution >= 4 is 11.8 Å². The number of rotatable bonds is 3. The van der Waals surface area contributed by atoms with Crippen LogP contribution in [-0.4, -0.2) is 29.9 Å². The van der Waals surface area contributed by atoms with E-state index in [1.54, 1.807) is 6.92 Å². The molecular formula is C17H31N3O2. The number of carbonyl (C=O) groups is 2. The van der Waals surface area contributed by atoms with Crippen LogP contribution in [0.3, 0.4) is 0 Å². The Bertz CT molecular complexity index is 416. The summed E-state index contributed by atoms with van der Waals surface area (Å²) < 4.78 is 0. The maximum atomic E-state index is 12.4. The van der Waals surface area contributed by atoms with E-state index in [-0.39, 0.29) is 23.9 Å². The average molecular weight is 309 g/mol. The second-order valence-corrected chi connectivity index (χ2v) is 8.16. The first-order valence-corrected chi connectivity index (χ1v) is 8.55. The van der Waals surface area contributed by atoms with E-state index in [4.69, 9.17) is 5.73 Å². The summed E-state index contributed by atoms with van der Waals surface area (Å²) in [6.07, 6.45) is 5.55. The molecule has 3 unspecified atom stereocenters. The third-order valence-electron chi connectivity index (χ3n) is 5.11. The molecule has 2 saturated carbocycles. The van der Waals surface area contributed by atoms with Crippen molar-refractivity contribution in [3.63, 3.8) is 0 Å². The number of nitrogens with one attached hydrogen (secondary N) is 2. The molecule has 0 radical (unpaired) electrons. The predicted octanol–water partition coefficient (Wildman–Crippen LogP) is 1.56. The Kier molecular flexibility index (Phi) is 5.15. The molecule has 2 bridgehead atoms. The molecule has 0 aromatic rings. The van der Waals surface area contributed by atoms with Gasteiger partial charge in [-0.15, -0.1) is 0 Å². The molecule has 3 atom stereocenters. The molecule has 0 saturated heterocycles. The van der Waals surface area contributed by atoms with Crippen LogP contribution in [0.4, 0.5) is 0 Å². The molecule has 2 fully saturated rings. The number of amides is 2. The molecule has 126 valence electrons. The molecule has 0 heterocycles. The first kappa shape index (κ1) is 17.3. The molecule has 0 aromatic carbocycles. The minimum Gasteiger partial charge on any atom is -0.351 e. The SMILES string of the molecule is CC(NC(=O)C(C)(C)C)C(=O)NC1C2CCCC1CC(N)C2. The molecule has 22 heavy (non-hydrogen) atoms. The normalized spacial score (nSPS) is 33.0. The summed E-state index contributed by atoms with van der Waals surface area (Å²) in [7, 11) is 0. The van der Waals surface area contributed by atoms with Gasteiger partial charge in [-0.05, 0) is 44.4 Å². The molecule has 2 aliphatic carbocycles. The van der Waals surface area contributed by atoms with E-state index in [1.165, 1.54) is 6.42 Å². The minimum absolute atomic E-state index is 0.0741. The summed E-state index contributed by atoms with van der Waals surface area (Å²) in [5.41, 5.74) is 5.64. The number of nitrogens with two attached hydrogens (primary N) is 1. The lowest BCUT2D eigenvalue weighted by atomic mass is 9.67. The molecule has 0 aliphatic heterocycles. The van der Waals surface area contributed by atoms with Gasteiger partial charge in [0.1, 0.15) is 6.04 Å². The zero-order valence-electron chi connectivity index (χ0n) is 14.3. The predicted molar refractivity (Wildman–Crippen MR) is 87.0 cm³/mol. The van der Waals surface area contributed by atoms with Crippen molar-refractivity contribution in [2.75, 3.05) is 0 Å². The standard InChI is InChI=1S/C17H31N3O2/c1-10(19-16(22)17(2,3)4)15(21)20-14-11-6-5-7-12(14)9-13(18)8-11/h10-14H,5-9,18H2,1-4H3,(H,19,22)(H,20,21). The molecule has 5 heteroatoms. The Hall–Kier alpha value is -1.10.